The molecular formula is C15H22O4. The highest BCUT2D eigenvalue weighted by Crippen LogP contribution is 2.30. The number of benzene rings is 1. The van der Waals surface area contributed by atoms with Gasteiger partial charge >= 0.3 is 0 Å². The molecule has 1 N–H and O–H groups in total. The molecule has 1 aliphatic rings. The van der Waals surface area contributed by atoms with E-state index in [9.17, 15) is 5.11 Å². The molecule has 2 atom stereocenters. The second-order valence-corrected chi connectivity index (χ2v) is 4.89. The summed E-state index contributed by atoms with van der Waals surface area (Å²) in [7, 11) is 1.60. The van der Waals surface area contributed by atoms with Crippen LogP contribution in [0.15, 0.2) is 18.2 Å². The van der Waals surface area contributed by atoms with Crippen molar-refractivity contribution in [1.82, 2.24) is 0 Å². The summed E-state index contributed by atoms with van der Waals surface area (Å²) in [5.74, 6) is 1.34. The highest BCUT2D eigenvalue weighted by Gasteiger charge is 2.16. The second-order valence-electron chi connectivity index (χ2n) is 4.89. The lowest BCUT2D eigenvalue weighted by molar-refractivity contribution is -0.0115. The Morgan fingerprint density at radius 1 is 1.37 bits per heavy atom. The highest BCUT2D eigenvalue weighted by atomic mass is 16.5. The monoisotopic (exact) mass is 266 g/mol. The lowest BCUT2D eigenvalue weighted by atomic mass is 10.1. The van der Waals surface area contributed by atoms with Crippen molar-refractivity contribution in [2.45, 2.75) is 38.4 Å². The first kappa shape index (κ1) is 14.2. The van der Waals surface area contributed by atoms with Gasteiger partial charge in [-0.05, 0) is 43.9 Å². The van der Waals surface area contributed by atoms with Crippen LogP contribution in [0.1, 0.15) is 37.9 Å². The van der Waals surface area contributed by atoms with Gasteiger partial charge in [-0.15, -0.1) is 0 Å². The maximum absolute atomic E-state index is 9.55. The van der Waals surface area contributed by atoms with E-state index in [1.165, 1.54) is 6.42 Å². The Morgan fingerprint density at radius 2 is 2.21 bits per heavy atom. The van der Waals surface area contributed by atoms with Crippen molar-refractivity contribution in [3.05, 3.63) is 23.8 Å². The Labute approximate surface area is 114 Å². The van der Waals surface area contributed by atoms with Crippen LogP contribution in [0.25, 0.3) is 0 Å². The number of rotatable bonds is 5. The minimum atomic E-state index is -0.510. The standard InChI is InChI=1S/C15H22O4/c1-11(16)12-6-7-14(15(9-12)17-2)19-10-13-5-3-4-8-18-13/h6-7,9,11,13,16H,3-5,8,10H2,1-2H3/t11-,13?/m1/s1. The average molecular weight is 266 g/mol. The molecule has 4 nitrogen and oxygen atoms in total. The number of methoxy groups -OCH3 is 1. The topological polar surface area (TPSA) is 47.9 Å². The minimum absolute atomic E-state index is 0.176. The first-order valence-electron chi connectivity index (χ1n) is 6.81. The Kier molecular flexibility index (Phi) is 5.05. The van der Waals surface area contributed by atoms with E-state index in [0.717, 1.165) is 25.0 Å². The van der Waals surface area contributed by atoms with Crippen molar-refractivity contribution >= 4 is 0 Å². The van der Waals surface area contributed by atoms with Gasteiger partial charge in [-0.2, -0.15) is 0 Å². The number of ether oxygens (including phenoxy) is 3. The smallest absolute Gasteiger partial charge is 0.161 e. The Hall–Kier alpha value is -1.26. The molecule has 0 bridgehead atoms. The van der Waals surface area contributed by atoms with Crippen LogP contribution in [0.5, 0.6) is 11.5 Å². The molecule has 19 heavy (non-hydrogen) atoms. The second kappa shape index (κ2) is 6.78. The summed E-state index contributed by atoms with van der Waals surface area (Å²) in [5.41, 5.74) is 0.818. The third kappa shape index (κ3) is 3.85. The van der Waals surface area contributed by atoms with Crippen LogP contribution in [0, 0.1) is 0 Å². The van der Waals surface area contributed by atoms with Crippen LogP contribution in [0.2, 0.25) is 0 Å². The van der Waals surface area contributed by atoms with E-state index in [2.05, 4.69) is 0 Å². The summed E-state index contributed by atoms with van der Waals surface area (Å²) >= 11 is 0. The first-order chi connectivity index (χ1) is 9.20. The lowest BCUT2D eigenvalue weighted by Crippen LogP contribution is -2.25. The van der Waals surface area contributed by atoms with Gasteiger partial charge in [-0.25, -0.2) is 0 Å². The Morgan fingerprint density at radius 3 is 2.84 bits per heavy atom. The van der Waals surface area contributed by atoms with Crippen LogP contribution >= 0.6 is 0 Å². The summed E-state index contributed by atoms with van der Waals surface area (Å²) in [4.78, 5) is 0. The maximum Gasteiger partial charge on any atom is 0.161 e. The van der Waals surface area contributed by atoms with Crippen molar-refractivity contribution < 1.29 is 19.3 Å². The molecule has 1 fully saturated rings. The summed E-state index contributed by atoms with van der Waals surface area (Å²) in [6.45, 7) is 3.10. The molecule has 1 heterocycles. The maximum atomic E-state index is 9.55. The first-order valence-corrected chi connectivity index (χ1v) is 6.81. The number of aliphatic hydroxyl groups is 1. The van der Waals surface area contributed by atoms with Crippen molar-refractivity contribution in [3.63, 3.8) is 0 Å². The third-order valence-corrected chi connectivity index (χ3v) is 3.37. The summed E-state index contributed by atoms with van der Waals surface area (Å²) in [6.07, 6.45) is 3.06. The minimum Gasteiger partial charge on any atom is -0.493 e. The van der Waals surface area contributed by atoms with E-state index in [-0.39, 0.29) is 6.10 Å². The molecule has 0 radical (unpaired) electrons. The van der Waals surface area contributed by atoms with Crippen LogP contribution in [-0.2, 0) is 4.74 Å². The molecule has 0 aromatic heterocycles. The van der Waals surface area contributed by atoms with Crippen molar-refractivity contribution in [3.8, 4) is 11.5 Å². The predicted octanol–water partition coefficient (Wildman–Crippen LogP) is 2.70. The molecule has 1 unspecified atom stereocenters. The molecule has 4 heteroatoms. The zero-order chi connectivity index (χ0) is 13.7. The van der Waals surface area contributed by atoms with E-state index >= 15 is 0 Å². The van der Waals surface area contributed by atoms with Gasteiger partial charge in [-0.1, -0.05) is 6.07 Å². The molecule has 1 aliphatic heterocycles. The number of hydrogen-bond donors (Lipinski definition) is 1. The van der Waals surface area contributed by atoms with E-state index in [0.29, 0.717) is 18.1 Å². The van der Waals surface area contributed by atoms with Gasteiger partial charge in [0.2, 0.25) is 0 Å². The van der Waals surface area contributed by atoms with E-state index in [1.54, 1.807) is 14.0 Å². The molecule has 1 saturated heterocycles. The van der Waals surface area contributed by atoms with Crippen LogP contribution in [0.4, 0.5) is 0 Å². The lowest BCUT2D eigenvalue weighted by Gasteiger charge is -2.23. The average Bonchev–Trinajstić information content (AvgIpc) is 2.45. The van der Waals surface area contributed by atoms with E-state index in [1.807, 2.05) is 18.2 Å². The summed E-state index contributed by atoms with van der Waals surface area (Å²) in [5, 5.41) is 9.55. The Bertz CT molecular complexity index is 397. The largest absolute Gasteiger partial charge is 0.493 e. The van der Waals surface area contributed by atoms with Gasteiger partial charge in [0.25, 0.3) is 0 Å². The van der Waals surface area contributed by atoms with Crippen LogP contribution < -0.4 is 9.47 Å². The molecule has 0 amide bonds. The van der Waals surface area contributed by atoms with E-state index < -0.39 is 6.10 Å². The molecule has 1 aromatic rings. The zero-order valence-electron chi connectivity index (χ0n) is 11.6. The van der Waals surface area contributed by atoms with E-state index in [4.69, 9.17) is 14.2 Å². The quantitative estimate of drug-likeness (QED) is 0.890. The van der Waals surface area contributed by atoms with Gasteiger partial charge in [0, 0.05) is 6.61 Å². The molecule has 2 rings (SSSR count). The SMILES string of the molecule is COc1cc([C@@H](C)O)ccc1OCC1CCCCO1. The summed E-state index contributed by atoms with van der Waals surface area (Å²) < 4.78 is 16.7. The van der Waals surface area contributed by atoms with Gasteiger partial charge in [0.15, 0.2) is 11.5 Å². The van der Waals surface area contributed by atoms with Gasteiger partial charge in [-0.3, -0.25) is 0 Å². The van der Waals surface area contributed by atoms with Crippen molar-refractivity contribution in [2.75, 3.05) is 20.3 Å². The summed E-state index contributed by atoms with van der Waals surface area (Å²) in [6, 6.07) is 5.50. The van der Waals surface area contributed by atoms with Crippen LogP contribution in [-0.4, -0.2) is 31.5 Å². The molecule has 0 saturated carbocycles. The number of aliphatic hydroxyl groups excluding tert-OH is 1. The van der Waals surface area contributed by atoms with Gasteiger partial charge in [0.05, 0.1) is 19.3 Å². The molecule has 106 valence electrons. The Balaban J connectivity index is 1.98. The fraction of sp³-hybridized carbons (Fsp3) is 0.600. The molecular weight excluding hydrogens is 244 g/mol. The fourth-order valence-electron chi connectivity index (χ4n) is 2.18. The normalized spacial score (nSPS) is 20.9. The fourth-order valence-corrected chi connectivity index (χ4v) is 2.18. The predicted molar refractivity (Wildman–Crippen MR) is 72.7 cm³/mol. The zero-order valence-corrected chi connectivity index (χ0v) is 11.6. The number of hydrogen-bond acceptors (Lipinski definition) is 4. The molecule has 0 aliphatic carbocycles. The van der Waals surface area contributed by atoms with Gasteiger partial charge < -0.3 is 19.3 Å². The van der Waals surface area contributed by atoms with Crippen molar-refractivity contribution in [2.24, 2.45) is 0 Å². The van der Waals surface area contributed by atoms with Crippen LogP contribution in [0.3, 0.4) is 0 Å². The molecule has 1 aromatic carbocycles. The molecule has 0 spiro atoms. The highest BCUT2D eigenvalue weighted by molar-refractivity contribution is 5.43. The third-order valence-electron chi connectivity index (χ3n) is 3.37. The van der Waals surface area contributed by atoms with Crippen molar-refractivity contribution in [1.29, 1.82) is 0 Å². The van der Waals surface area contributed by atoms with Gasteiger partial charge in [0.1, 0.15) is 6.61 Å².